The predicted molar refractivity (Wildman–Crippen MR) is 102 cm³/mol. The van der Waals surface area contributed by atoms with Crippen LogP contribution in [0.5, 0.6) is 5.75 Å². The van der Waals surface area contributed by atoms with E-state index >= 15 is 0 Å². The third-order valence-corrected chi connectivity index (χ3v) is 5.25. The summed E-state index contributed by atoms with van der Waals surface area (Å²) in [5.41, 5.74) is 0.978. The maximum atomic E-state index is 12.1. The first kappa shape index (κ1) is 20.4. The Labute approximate surface area is 158 Å². The second kappa shape index (κ2) is 8.65. The van der Waals surface area contributed by atoms with Crippen LogP contribution in [0, 0.1) is 0 Å². The highest BCUT2D eigenvalue weighted by Crippen LogP contribution is 2.18. The fourth-order valence-corrected chi connectivity index (χ4v) is 3.08. The predicted octanol–water partition coefficient (Wildman–Crippen LogP) is 1.91. The minimum atomic E-state index is -3.58. The molecule has 0 aliphatic heterocycles. The Hall–Kier alpha value is -2.91. The lowest BCUT2D eigenvalue weighted by Crippen LogP contribution is -2.23. The van der Waals surface area contributed by atoms with Crippen LogP contribution >= 0.6 is 0 Å². The summed E-state index contributed by atoms with van der Waals surface area (Å²) in [6.07, 6.45) is 0. The van der Waals surface area contributed by atoms with E-state index in [0.29, 0.717) is 17.1 Å². The number of sulfonamides is 1. The van der Waals surface area contributed by atoms with E-state index in [1.165, 1.54) is 33.2 Å². The Kier molecular flexibility index (Phi) is 6.54. The molecule has 0 aliphatic rings. The third kappa shape index (κ3) is 5.80. The number of ether oxygens (including phenoxy) is 1. The lowest BCUT2D eigenvalue weighted by Gasteiger charge is -2.13. The summed E-state index contributed by atoms with van der Waals surface area (Å²) in [5, 5.41) is 5.23. The van der Waals surface area contributed by atoms with E-state index < -0.39 is 15.9 Å². The number of anilines is 2. The molecular formula is C18H21N3O5S. The molecule has 27 heavy (non-hydrogen) atoms. The molecule has 2 aromatic carbocycles. The van der Waals surface area contributed by atoms with E-state index in [0.717, 1.165) is 4.31 Å². The second-order valence-corrected chi connectivity index (χ2v) is 8.01. The number of carbonyl (C=O) groups is 2. The third-order valence-electron chi connectivity index (χ3n) is 3.44. The van der Waals surface area contributed by atoms with Gasteiger partial charge in [0.05, 0.1) is 4.90 Å². The number of hydrogen-bond acceptors (Lipinski definition) is 5. The fraction of sp³-hybridized carbons (Fsp3) is 0.222. The van der Waals surface area contributed by atoms with Crippen molar-refractivity contribution in [3.63, 3.8) is 0 Å². The Morgan fingerprint density at radius 1 is 1.00 bits per heavy atom. The molecule has 0 unspecified atom stereocenters. The highest BCUT2D eigenvalue weighted by Gasteiger charge is 2.17. The van der Waals surface area contributed by atoms with Crippen LogP contribution in [0.4, 0.5) is 11.4 Å². The summed E-state index contributed by atoms with van der Waals surface area (Å²) in [5.74, 6) is -0.148. The smallest absolute Gasteiger partial charge is 0.262 e. The van der Waals surface area contributed by atoms with Gasteiger partial charge in [-0.05, 0) is 42.5 Å². The number of benzene rings is 2. The number of amides is 2. The van der Waals surface area contributed by atoms with Gasteiger partial charge in [0.1, 0.15) is 5.75 Å². The van der Waals surface area contributed by atoms with Gasteiger partial charge in [0.2, 0.25) is 15.9 Å². The molecule has 0 saturated carbocycles. The minimum Gasteiger partial charge on any atom is -0.484 e. The van der Waals surface area contributed by atoms with E-state index in [4.69, 9.17) is 4.74 Å². The Morgan fingerprint density at radius 3 is 2.26 bits per heavy atom. The monoisotopic (exact) mass is 391 g/mol. The summed E-state index contributed by atoms with van der Waals surface area (Å²) >= 11 is 0. The summed E-state index contributed by atoms with van der Waals surface area (Å²) in [6, 6.07) is 12.6. The zero-order valence-electron chi connectivity index (χ0n) is 15.2. The van der Waals surface area contributed by atoms with Crippen LogP contribution in [0.1, 0.15) is 6.92 Å². The molecular weight excluding hydrogens is 370 g/mol. The molecule has 0 radical (unpaired) electrons. The van der Waals surface area contributed by atoms with Crippen LogP contribution in [0.2, 0.25) is 0 Å². The number of nitrogens with zero attached hydrogens (tertiary/aromatic N) is 1. The normalized spacial score (nSPS) is 11.1. The molecule has 0 bridgehead atoms. The van der Waals surface area contributed by atoms with E-state index in [-0.39, 0.29) is 17.4 Å². The van der Waals surface area contributed by atoms with Gasteiger partial charge in [-0.2, -0.15) is 0 Å². The van der Waals surface area contributed by atoms with Crippen molar-refractivity contribution in [2.75, 3.05) is 31.3 Å². The van der Waals surface area contributed by atoms with Gasteiger partial charge in [-0.1, -0.05) is 6.07 Å². The minimum absolute atomic E-state index is 0.0831. The van der Waals surface area contributed by atoms with Crippen molar-refractivity contribution >= 4 is 33.2 Å². The highest BCUT2D eigenvalue weighted by molar-refractivity contribution is 7.89. The zero-order valence-corrected chi connectivity index (χ0v) is 16.0. The number of rotatable bonds is 7. The largest absolute Gasteiger partial charge is 0.484 e. The molecule has 0 spiro atoms. The zero-order chi connectivity index (χ0) is 20.0. The maximum absolute atomic E-state index is 12.1. The standard InChI is InChI=1S/C18H21N3O5S/c1-13(22)19-14-7-9-16(10-8-14)26-12-18(23)20-15-5-4-6-17(11-15)27(24,25)21(2)3/h4-11H,12H2,1-3H3,(H,19,22)(H,20,23). The molecule has 0 aromatic heterocycles. The van der Waals surface area contributed by atoms with Gasteiger partial charge in [-0.25, -0.2) is 12.7 Å². The first-order valence-corrected chi connectivity index (χ1v) is 9.45. The van der Waals surface area contributed by atoms with Crippen LogP contribution in [-0.2, 0) is 19.6 Å². The molecule has 0 fully saturated rings. The molecule has 2 aromatic rings. The molecule has 2 N–H and O–H groups in total. The Bertz CT molecular complexity index is 924. The van der Waals surface area contributed by atoms with Crippen LogP contribution in [0.15, 0.2) is 53.4 Å². The van der Waals surface area contributed by atoms with Crippen molar-refractivity contribution in [3.8, 4) is 5.75 Å². The van der Waals surface area contributed by atoms with Gasteiger partial charge >= 0.3 is 0 Å². The first-order valence-electron chi connectivity index (χ1n) is 8.01. The Balaban J connectivity index is 1.95. The molecule has 2 amide bonds. The lowest BCUT2D eigenvalue weighted by molar-refractivity contribution is -0.118. The quantitative estimate of drug-likeness (QED) is 0.750. The van der Waals surface area contributed by atoms with Crippen molar-refractivity contribution < 1.29 is 22.7 Å². The average Bonchev–Trinajstić information content (AvgIpc) is 2.61. The molecule has 0 saturated heterocycles. The van der Waals surface area contributed by atoms with Crippen molar-refractivity contribution in [1.82, 2.24) is 4.31 Å². The highest BCUT2D eigenvalue weighted by atomic mass is 32.2. The molecule has 8 nitrogen and oxygen atoms in total. The second-order valence-electron chi connectivity index (χ2n) is 5.86. The SMILES string of the molecule is CC(=O)Nc1ccc(OCC(=O)Nc2cccc(S(=O)(=O)N(C)C)c2)cc1. The summed E-state index contributed by atoms with van der Waals surface area (Å²) in [6.45, 7) is 1.16. The summed E-state index contributed by atoms with van der Waals surface area (Å²) < 4.78 is 30.8. The molecule has 144 valence electrons. The topological polar surface area (TPSA) is 105 Å². The van der Waals surface area contributed by atoms with Crippen molar-refractivity contribution in [2.24, 2.45) is 0 Å². The molecule has 2 rings (SSSR count). The van der Waals surface area contributed by atoms with Crippen molar-refractivity contribution in [3.05, 3.63) is 48.5 Å². The van der Waals surface area contributed by atoms with Gasteiger partial charge in [0.15, 0.2) is 6.61 Å². The van der Waals surface area contributed by atoms with E-state index in [1.807, 2.05) is 0 Å². The van der Waals surface area contributed by atoms with Gasteiger partial charge < -0.3 is 15.4 Å². The van der Waals surface area contributed by atoms with Crippen molar-refractivity contribution in [1.29, 1.82) is 0 Å². The van der Waals surface area contributed by atoms with Crippen LogP contribution in [-0.4, -0.2) is 45.2 Å². The number of hydrogen-bond donors (Lipinski definition) is 2. The van der Waals surface area contributed by atoms with Crippen molar-refractivity contribution in [2.45, 2.75) is 11.8 Å². The number of nitrogens with one attached hydrogen (secondary N) is 2. The van der Waals surface area contributed by atoms with Gasteiger partial charge in [0, 0.05) is 32.4 Å². The lowest BCUT2D eigenvalue weighted by atomic mass is 10.3. The van der Waals surface area contributed by atoms with Crippen LogP contribution in [0.3, 0.4) is 0 Å². The van der Waals surface area contributed by atoms with Crippen LogP contribution < -0.4 is 15.4 Å². The maximum Gasteiger partial charge on any atom is 0.262 e. The average molecular weight is 391 g/mol. The molecule has 0 aliphatic carbocycles. The van der Waals surface area contributed by atoms with Crippen LogP contribution in [0.25, 0.3) is 0 Å². The van der Waals surface area contributed by atoms with E-state index in [1.54, 1.807) is 36.4 Å². The molecule has 9 heteroatoms. The van der Waals surface area contributed by atoms with Gasteiger partial charge in [-0.3, -0.25) is 9.59 Å². The van der Waals surface area contributed by atoms with E-state index in [2.05, 4.69) is 10.6 Å². The molecule has 0 heterocycles. The first-order chi connectivity index (χ1) is 12.7. The van der Waals surface area contributed by atoms with E-state index in [9.17, 15) is 18.0 Å². The van der Waals surface area contributed by atoms with Gasteiger partial charge in [0.25, 0.3) is 5.91 Å². The fourth-order valence-electron chi connectivity index (χ4n) is 2.13. The summed E-state index contributed by atoms with van der Waals surface area (Å²) in [4.78, 5) is 23.1. The number of carbonyl (C=O) groups excluding carboxylic acids is 2. The van der Waals surface area contributed by atoms with Gasteiger partial charge in [-0.15, -0.1) is 0 Å². The summed E-state index contributed by atoms with van der Waals surface area (Å²) in [7, 11) is -0.710. The Morgan fingerprint density at radius 2 is 1.67 bits per heavy atom. The molecule has 0 atom stereocenters.